The van der Waals surface area contributed by atoms with Gasteiger partial charge in [0, 0.05) is 55.1 Å². The minimum Gasteiger partial charge on any atom is -0.352 e. The molecule has 0 saturated heterocycles. The summed E-state index contributed by atoms with van der Waals surface area (Å²) in [4.78, 5) is 28.8. The van der Waals surface area contributed by atoms with Crippen LogP contribution in [0.5, 0.6) is 0 Å². The zero-order chi connectivity index (χ0) is 28.4. The summed E-state index contributed by atoms with van der Waals surface area (Å²) < 4.78 is 1.94. The largest absolute Gasteiger partial charge is 0.352 e. The van der Waals surface area contributed by atoms with E-state index in [1.54, 1.807) is 18.5 Å². The molecule has 2 unspecified atom stereocenters. The molecule has 1 saturated carbocycles. The highest BCUT2D eigenvalue weighted by Crippen LogP contribution is 2.58. The molecule has 2 heterocycles. The van der Waals surface area contributed by atoms with Crippen LogP contribution in [0.3, 0.4) is 0 Å². The Bertz CT molecular complexity index is 1550. The number of benzene rings is 2. The molecule has 9 heteroatoms. The minimum atomic E-state index is -0.159. The lowest BCUT2D eigenvalue weighted by Crippen LogP contribution is -2.45. The van der Waals surface area contributed by atoms with Gasteiger partial charge < -0.3 is 10.6 Å². The first-order chi connectivity index (χ1) is 19.1. The second-order valence-corrected chi connectivity index (χ2v) is 11.6. The Morgan fingerprint density at radius 2 is 1.85 bits per heavy atom. The van der Waals surface area contributed by atoms with Crippen LogP contribution in [-0.4, -0.2) is 26.6 Å². The maximum atomic E-state index is 13.1. The molecular formula is C31H31Cl2N5O2. The van der Waals surface area contributed by atoms with Crippen molar-refractivity contribution in [2.45, 2.75) is 46.1 Å². The fourth-order valence-electron chi connectivity index (χ4n) is 5.43. The molecule has 7 nitrogen and oxygen atoms in total. The molecule has 0 radical (unpaired) electrons. The first-order valence-electron chi connectivity index (χ1n) is 13.2. The van der Waals surface area contributed by atoms with Crippen LogP contribution in [-0.2, 0) is 16.1 Å². The van der Waals surface area contributed by atoms with Crippen molar-refractivity contribution < 1.29 is 9.59 Å². The SMILES string of the molecule is CC(=O)NCc1ccccc1NC(=O)CC1CC(c2cc(-c3cccnc3)nn2-c2ccc(Cl)c(Cl)c2)C1(C)C. The molecular weight excluding hydrogens is 545 g/mol. The van der Waals surface area contributed by atoms with Gasteiger partial charge in [-0.25, -0.2) is 4.68 Å². The van der Waals surface area contributed by atoms with Crippen LogP contribution in [0.1, 0.15) is 50.8 Å². The van der Waals surface area contributed by atoms with Crippen molar-refractivity contribution >= 4 is 40.7 Å². The van der Waals surface area contributed by atoms with Crippen molar-refractivity contribution in [3.63, 3.8) is 0 Å². The number of halogens is 2. The van der Waals surface area contributed by atoms with Gasteiger partial charge in [-0.3, -0.25) is 14.6 Å². The standard InChI is InChI=1S/C31H31Cl2N5O2/c1-19(39)35-18-21-7-4-5-9-27(21)36-30(40)14-22-13-24(31(22,2)3)29-16-28(20-8-6-12-34-17-20)37-38(29)23-10-11-25(32)26(33)15-23/h4-12,15-17,22,24H,13-14,18H2,1-3H3,(H,35,39)(H,36,40). The third-order valence-corrected chi connectivity index (χ3v) is 8.66. The molecule has 1 fully saturated rings. The van der Waals surface area contributed by atoms with Crippen molar-refractivity contribution in [3.8, 4) is 16.9 Å². The normalized spacial score (nSPS) is 17.6. The van der Waals surface area contributed by atoms with Crippen molar-refractivity contribution in [1.29, 1.82) is 0 Å². The third kappa shape index (κ3) is 5.76. The molecule has 0 spiro atoms. The maximum Gasteiger partial charge on any atom is 0.224 e. The van der Waals surface area contributed by atoms with E-state index in [-0.39, 0.29) is 29.1 Å². The predicted molar refractivity (Wildman–Crippen MR) is 159 cm³/mol. The van der Waals surface area contributed by atoms with Crippen molar-refractivity contribution in [3.05, 3.63) is 94.4 Å². The van der Waals surface area contributed by atoms with E-state index >= 15 is 0 Å². The summed E-state index contributed by atoms with van der Waals surface area (Å²) in [5.41, 5.74) is 5.05. The highest BCUT2D eigenvalue weighted by Gasteiger charge is 2.50. The van der Waals surface area contributed by atoms with Crippen LogP contribution < -0.4 is 10.6 Å². The first kappa shape index (κ1) is 27.9. The molecule has 206 valence electrons. The molecule has 4 aromatic rings. The van der Waals surface area contributed by atoms with E-state index in [4.69, 9.17) is 28.3 Å². The minimum absolute atomic E-state index is 0.0409. The molecule has 1 aliphatic rings. The topological polar surface area (TPSA) is 88.9 Å². The van der Waals surface area contributed by atoms with Gasteiger partial charge in [-0.15, -0.1) is 0 Å². The number of hydrogen-bond acceptors (Lipinski definition) is 4. The van der Waals surface area contributed by atoms with Crippen LogP contribution in [0.15, 0.2) is 73.1 Å². The van der Waals surface area contributed by atoms with Gasteiger partial charge in [0.05, 0.1) is 21.4 Å². The lowest BCUT2D eigenvalue weighted by molar-refractivity contribution is -0.120. The highest BCUT2D eigenvalue weighted by atomic mass is 35.5. The highest BCUT2D eigenvalue weighted by molar-refractivity contribution is 6.42. The van der Waals surface area contributed by atoms with Crippen LogP contribution in [0, 0.1) is 11.3 Å². The Morgan fingerprint density at radius 3 is 2.55 bits per heavy atom. The van der Waals surface area contributed by atoms with Crippen molar-refractivity contribution in [2.75, 3.05) is 5.32 Å². The molecule has 0 bridgehead atoms. The van der Waals surface area contributed by atoms with Gasteiger partial charge in [0.1, 0.15) is 0 Å². The lowest BCUT2D eigenvalue weighted by Gasteiger charge is -2.52. The second-order valence-electron chi connectivity index (χ2n) is 10.8. The zero-order valence-electron chi connectivity index (χ0n) is 22.6. The van der Waals surface area contributed by atoms with Crippen molar-refractivity contribution in [2.24, 2.45) is 11.3 Å². The maximum absolute atomic E-state index is 13.1. The number of pyridine rings is 1. The number of amides is 2. The van der Waals surface area contributed by atoms with Crippen molar-refractivity contribution in [1.82, 2.24) is 20.1 Å². The van der Waals surface area contributed by atoms with Crippen LogP contribution in [0.25, 0.3) is 16.9 Å². The molecule has 40 heavy (non-hydrogen) atoms. The summed E-state index contributed by atoms with van der Waals surface area (Å²) in [6, 6.07) is 19.0. The zero-order valence-corrected chi connectivity index (χ0v) is 24.1. The number of para-hydroxylation sites is 1. The Balaban J connectivity index is 1.37. The Labute approximate surface area is 243 Å². The fourth-order valence-corrected chi connectivity index (χ4v) is 5.72. The molecule has 1 aliphatic carbocycles. The summed E-state index contributed by atoms with van der Waals surface area (Å²) in [6.07, 6.45) is 4.78. The summed E-state index contributed by atoms with van der Waals surface area (Å²) in [7, 11) is 0. The molecule has 5 rings (SSSR count). The van der Waals surface area contributed by atoms with Gasteiger partial charge in [-0.05, 0) is 65.8 Å². The van der Waals surface area contributed by atoms with E-state index in [9.17, 15) is 9.59 Å². The number of carbonyl (C=O) groups excluding carboxylic acids is 2. The summed E-state index contributed by atoms with van der Waals surface area (Å²) in [6.45, 7) is 6.25. The molecule has 0 aliphatic heterocycles. The van der Waals surface area contributed by atoms with Gasteiger partial charge in [-0.1, -0.05) is 55.2 Å². The Morgan fingerprint density at radius 1 is 1.05 bits per heavy atom. The lowest BCUT2D eigenvalue weighted by atomic mass is 9.52. The number of anilines is 1. The quantitative estimate of drug-likeness (QED) is 0.236. The van der Waals surface area contributed by atoms with Gasteiger partial charge in [0.25, 0.3) is 0 Å². The third-order valence-electron chi connectivity index (χ3n) is 7.92. The first-order valence-corrected chi connectivity index (χ1v) is 14.0. The van der Waals surface area contributed by atoms with Gasteiger partial charge in [0.15, 0.2) is 0 Å². The second kappa shape index (κ2) is 11.4. The van der Waals surface area contributed by atoms with E-state index in [1.807, 2.05) is 53.2 Å². The number of nitrogens with one attached hydrogen (secondary N) is 2. The van der Waals surface area contributed by atoms with E-state index in [0.29, 0.717) is 28.7 Å². The Hall–Kier alpha value is -3.68. The monoisotopic (exact) mass is 575 g/mol. The Kier molecular flexibility index (Phi) is 7.97. The van der Waals surface area contributed by atoms with E-state index < -0.39 is 0 Å². The molecule has 2 aromatic heterocycles. The number of rotatable bonds is 8. The van der Waals surface area contributed by atoms with Crippen LogP contribution in [0.4, 0.5) is 5.69 Å². The molecule has 2 aromatic carbocycles. The average Bonchev–Trinajstić information content (AvgIpc) is 3.37. The summed E-state index contributed by atoms with van der Waals surface area (Å²) >= 11 is 12.6. The fraction of sp³-hybridized carbons (Fsp3) is 0.290. The van der Waals surface area contributed by atoms with Gasteiger partial charge >= 0.3 is 0 Å². The number of aromatic nitrogens is 3. The average molecular weight is 577 g/mol. The van der Waals surface area contributed by atoms with Gasteiger partial charge in [0.2, 0.25) is 11.8 Å². The molecule has 2 atom stereocenters. The summed E-state index contributed by atoms with van der Waals surface area (Å²) in [5.74, 6) is 0.194. The smallest absolute Gasteiger partial charge is 0.224 e. The molecule has 2 amide bonds. The van der Waals surface area contributed by atoms with Crippen LogP contribution in [0.2, 0.25) is 10.0 Å². The van der Waals surface area contributed by atoms with Crippen LogP contribution >= 0.6 is 23.2 Å². The number of hydrogen-bond donors (Lipinski definition) is 2. The van der Waals surface area contributed by atoms with Gasteiger partial charge in [-0.2, -0.15) is 5.10 Å². The number of carbonyl (C=O) groups is 2. The van der Waals surface area contributed by atoms with E-state index in [2.05, 4.69) is 35.5 Å². The number of nitrogens with zero attached hydrogens (tertiary/aromatic N) is 3. The van der Waals surface area contributed by atoms with E-state index in [1.165, 1.54) is 6.92 Å². The van der Waals surface area contributed by atoms with E-state index in [0.717, 1.165) is 34.6 Å². The molecule has 2 N–H and O–H groups in total. The predicted octanol–water partition coefficient (Wildman–Crippen LogP) is 7.04. The summed E-state index contributed by atoms with van der Waals surface area (Å²) in [5, 5.41) is 11.7.